The van der Waals surface area contributed by atoms with Crippen LogP contribution >= 0.6 is 0 Å². The van der Waals surface area contributed by atoms with E-state index >= 15 is 0 Å². The predicted molar refractivity (Wildman–Crippen MR) is 82.1 cm³/mol. The first kappa shape index (κ1) is 16.4. The van der Waals surface area contributed by atoms with Crippen LogP contribution in [0.2, 0.25) is 0 Å². The van der Waals surface area contributed by atoms with Crippen LogP contribution in [0.4, 0.5) is 0 Å². The largest absolute Gasteiger partial charge is 0.377 e. The van der Waals surface area contributed by atoms with Crippen molar-refractivity contribution in [2.24, 2.45) is 0 Å². The average molecular weight is 313 g/mol. The molecule has 21 heavy (non-hydrogen) atoms. The molecule has 0 amide bonds. The fraction of sp³-hybridized carbons (Fsp3) is 0.571. The van der Waals surface area contributed by atoms with Gasteiger partial charge in [-0.3, -0.25) is 0 Å². The standard InChI is InChI=1S/C14H23N3O3S/c18-21(19,17-10-8-15-9-11-17)16-7-4-12-20-13-14-5-2-1-3-6-14/h1-3,5-6,15-16H,4,7-13H2. The number of ether oxygens (including phenoxy) is 1. The van der Waals surface area contributed by atoms with Crippen molar-refractivity contribution in [1.29, 1.82) is 0 Å². The zero-order valence-electron chi connectivity index (χ0n) is 12.1. The Hall–Kier alpha value is -0.990. The Morgan fingerprint density at radius 1 is 1.19 bits per heavy atom. The summed E-state index contributed by atoms with van der Waals surface area (Å²) in [6.45, 7) is 3.98. The molecule has 0 bridgehead atoms. The van der Waals surface area contributed by atoms with Gasteiger partial charge in [-0.25, -0.2) is 4.72 Å². The van der Waals surface area contributed by atoms with Crippen molar-refractivity contribution in [1.82, 2.24) is 14.3 Å². The molecule has 0 unspecified atom stereocenters. The molecule has 118 valence electrons. The van der Waals surface area contributed by atoms with Crippen LogP contribution in [-0.2, 0) is 21.6 Å². The molecule has 0 aliphatic carbocycles. The molecule has 7 heteroatoms. The van der Waals surface area contributed by atoms with Crippen LogP contribution in [0, 0.1) is 0 Å². The molecule has 2 rings (SSSR count). The maximum Gasteiger partial charge on any atom is 0.279 e. The van der Waals surface area contributed by atoms with E-state index in [9.17, 15) is 8.42 Å². The Morgan fingerprint density at radius 3 is 2.62 bits per heavy atom. The molecule has 1 fully saturated rings. The third kappa shape index (κ3) is 5.72. The SMILES string of the molecule is O=S(=O)(NCCCOCc1ccccc1)N1CCNCC1. The minimum Gasteiger partial charge on any atom is -0.377 e. The Kier molecular flexibility index (Phi) is 6.59. The summed E-state index contributed by atoms with van der Waals surface area (Å²) < 4.78 is 33.6. The van der Waals surface area contributed by atoms with Gasteiger partial charge in [-0.15, -0.1) is 0 Å². The van der Waals surface area contributed by atoms with Crippen molar-refractivity contribution in [3.63, 3.8) is 0 Å². The molecule has 1 aromatic rings. The zero-order chi connectivity index (χ0) is 15.0. The summed E-state index contributed by atoms with van der Waals surface area (Å²) in [5.41, 5.74) is 1.12. The van der Waals surface area contributed by atoms with Gasteiger partial charge in [0.05, 0.1) is 6.61 Å². The van der Waals surface area contributed by atoms with E-state index in [-0.39, 0.29) is 0 Å². The second kappa shape index (κ2) is 8.45. The van der Waals surface area contributed by atoms with E-state index in [1.165, 1.54) is 4.31 Å². The average Bonchev–Trinajstić information content (AvgIpc) is 2.52. The maximum atomic E-state index is 12.0. The van der Waals surface area contributed by atoms with Gasteiger partial charge in [0.15, 0.2) is 0 Å². The van der Waals surface area contributed by atoms with E-state index in [1.54, 1.807) is 0 Å². The topological polar surface area (TPSA) is 70.7 Å². The van der Waals surface area contributed by atoms with E-state index < -0.39 is 10.2 Å². The zero-order valence-corrected chi connectivity index (χ0v) is 12.9. The molecular formula is C14H23N3O3S. The summed E-state index contributed by atoms with van der Waals surface area (Å²) in [4.78, 5) is 0. The number of nitrogens with zero attached hydrogens (tertiary/aromatic N) is 1. The molecule has 1 aliphatic rings. The highest BCUT2D eigenvalue weighted by molar-refractivity contribution is 7.87. The summed E-state index contributed by atoms with van der Waals surface area (Å²) in [6.07, 6.45) is 0.665. The molecule has 0 spiro atoms. The second-order valence-corrected chi connectivity index (χ2v) is 6.70. The van der Waals surface area contributed by atoms with Crippen LogP contribution in [0.15, 0.2) is 30.3 Å². The highest BCUT2D eigenvalue weighted by Crippen LogP contribution is 2.02. The highest BCUT2D eigenvalue weighted by Gasteiger charge is 2.22. The van der Waals surface area contributed by atoms with E-state index in [2.05, 4.69) is 10.0 Å². The van der Waals surface area contributed by atoms with Crippen molar-refractivity contribution in [2.75, 3.05) is 39.3 Å². The molecule has 1 aliphatic heterocycles. The Morgan fingerprint density at radius 2 is 1.90 bits per heavy atom. The Bertz CT molecular complexity index is 501. The van der Waals surface area contributed by atoms with Crippen LogP contribution in [0.3, 0.4) is 0 Å². The van der Waals surface area contributed by atoms with Gasteiger partial charge in [-0.1, -0.05) is 30.3 Å². The van der Waals surface area contributed by atoms with Gasteiger partial charge in [-0.05, 0) is 12.0 Å². The van der Waals surface area contributed by atoms with Crippen molar-refractivity contribution < 1.29 is 13.2 Å². The third-order valence-corrected chi connectivity index (χ3v) is 4.89. The maximum absolute atomic E-state index is 12.0. The normalized spacial score (nSPS) is 17.0. The van der Waals surface area contributed by atoms with E-state index in [0.717, 1.165) is 5.56 Å². The number of piperazine rings is 1. The lowest BCUT2D eigenvalue weighted by molar-refractivity contribution is 0.119. The summed E-state index contributed by atoms with van der Waals surface area (Å²) in [6, 6.07) is 9.93. The Balaban J connectivity index is 1.58. The van der Waals surface area contributed by atoms with Crippen LogP contribution < -0.4 is 10.0 Å². The lowest BCUT2D eigenvalue weighted by atomic mass is 10.2. The smallest absolute Gasteiger partial charge is 0.279 e. The fourth-order valence-electron chi connectivity index (χ4n) is 2.12. The first-order valence-corrected chi connectivity index (χ1v) is 8.69. The first-order valence-electron chi connectivity index (χ1n) is 7.25. The number of benzene rings is 1. The molecule has 6 nitrogen and oxygen atoms in total. The summed E-state index contributed by atoms with van der Waals surface area (Å²) >= 11 is 0. The highest BCUT2D eigenvalue weighted by atomic mass is 32.2. The van der Waals surface area contributed by atoms with Crippen LogP contribution in [-0.4, -0.2) is 52.1 Å². The van der Waals surface area contributed by atoms with Crippen LogP contribution in [0.25, 0.3) is 0 Å². The number of nitrogens with one attached hydrogen (secondary N) is 2. The molecule has 2 N–H and O–H groups in total. The molecular weight excluding hydrogens is 290 g/mol. The van der Waals surface area contributed by atoms with Gasteiger partial charge in [-0.2, -0.15) is 12.7 Å². The van der Waals surface area contributed by atoms with Crippen molar-refractivity contribution in [3.05, 3.63) is 35.9 Å². The quantitative estimate of drug-likeness (QED) is 0.679. The first-order chi connectivity index (χ1) is 10.2. The van der Waals surface area contributed by atoms with Gasteiger partial charge in [0.25, 0.3) is 10.2 Å². The minimum absolute atomic E-state index is 0.404. The molecule has 0 saturated carbocycles. The number of rotatable bonds is 8. The molecule has 0 aromatic heterocycles. The predicted octanol–water partition coefficient (Wildman–Crippen LogP) is 0.333. The van der Waals surface area contributed by atoms with E-state index in [0.29, 0.717) is 52.4 Å². The van der Waals surface area contributed by atoms with Crippen molar-refractivity contribution >= 4 is 10.2 Å². The number of hydrogen-bond acceptors (Lipinski definition) is 4. The van der Waals surface area contributed by atoms with E-state index in [4.69, 9.17) is 4.74 Å². The third-order valence-electron chi connectivity index (χ3n) is 3.28. The monoisotopic (exact) mass is 313 g/mol. The second-order valence-electron chi connectivity index (χ2n) is 4.94. The fourth-order valence-corrected chi connectivity index (χ4v) is 3.36. The molecule has 1 aromatic carbocycles. The lowest BCUT2D eigenvalue weighted by Crippen LogP contribution is -2.50. The van der Waals surface area contributed by atoms with E-state index in [1.807, 2.05) is 30.3 Å². The van der Waals surface area contributed by atoms with Gasteiger partial charge in [0.1, 0.15) is 0 Å². The van der Waals surface area contributed by atoms with Crippen LogP contribution in [0.1, 0.15) is 12.0 Å². The summed E-state index contributed by atoms with van der Waals surface area (Å²) in [5.74, 6) is 0. The summed E-state index contributed by atoms with van der Waals surface area (Å²) in [7, 11) is -3.33. The van der Waals surface area contributed by atoms with Gasteiger partial charge < -0.3 is 10.1 Å². The Labute approximate surface area is 126 Å². The minimum atomic E-state index is -3.33. The summed E-state index contributed by atoms with van der Waals surface area (Å²) in [5, 5.41) is 3.13. The number of hydrogen-bond donors (Lipinski definition) is 2. The van der Waals surface area contributed by atoms with Crippen molar-refractivity contribution in [2.45, 2.75) is 13.0 Å². The van der Waals surface area contributed by atoms with Gasteiger partial charge in [0, 0.05) is 39.3 Å². The van der Waals surface area contributed by atoms with Gasteiger partial charge in [0.2, 0.25) is 0 Å². The lowest BCUT2D eigenvalue weighted by Gasteiger charge is -2.26. The van der Waals surface area contributed by atoms with Gasteiger partial charge >= 0.3 is 0 Å². The molecule has 0 radical (unpaired) electrons. The van der Waals surface area contributed by atoms with Crippen LogP contribution in [0.5, 0.6) is 0 Å². The molecule has 0 atom stereocenters. The molecule has 1 heterocycles. The van der Waals surface area contributed by atoms with Crippen molar-refractivity contribution in [3.8, 4) is 0 Å². The molecule has 1 saturated heterocycles.